The van der Waals surface area contributed by atoms with E-state index in [0.717, 1.165) is 35.8 Å². The van der Waals surface area contributed by atoms with Gasteiger partial charge in [0.05, 0.1) is 0 Å². The van der Waals surface area contributed by atoms with Crippen LogP contribution in [-0.4, -0.2) is 13.6 Å². The molecule has 2 aliphatic heterocycles. The van der Waals surface area contributed by atoms with Crippen molar-refractivity contribution in [1.29, 1.82) is 0 Å². The predicted octanol–water partition coefficient (Wildman–Crippen LogP) is 4.33. The van der Waals surface area contributed by atoms with Crippen molar-refractivity contribution < 1.29 is 18.9 Å². The van der Waals surface area contributed by atoms with Gasteiger partial charge in [-0.25, -0.2) is 0 Å². The van der Waals surface area contributed by atoms with Crippen molar-refractivity contribution in [2.45, 2.75) is 12.8 Å². The van der Waals surface area contributed by atoms with Crippen LogP contribution >= 0.6 is 0 Å². The summed E-state index contributed by atoms with van der Waals surface area (Å²) in [5.74, 6) is 3.31. The molecule has 0 saturated carbocycles. The van der Waals surface area contributed by atoms with Gasteiger partial charge >= 0.3 is 0 Å². The molecule has 2 aliphatic rings. The Morgan fingerprint density at radius 2 is 0.962 bits per heavy atom. The Morgan fingerprint density at radius 3 is 1.50 bits per heavy atom. The van der Waals surface area contributed by atoms with Crippen LogP contribution in [0.25, 0.3) is 0 Å². The standard InChI is InChI=1S/C22H18O4/c1-2-15(9-17-4-6-19-21(11-17)25-13-23-19)8-16(3-1)10-18-5-7-20-22(12-18)26-14-24-20/h1-8,11-12H,9-10,13-14H2. The number of benzene rings is 3. The Hall–Kier alpha value is -3.14. The van der Waals surface area contributed by atoms with Crippen LogP contribution in [0.15, 0.2) is 60.7 Å². The van der Waals surface area contributed by atoms with E-state index in [1.807, 2.05) is 12.1 Å². The fourth-order valence-electron chi connectivity index (χ4n) is 3.42. The highest BCUT2D eigenvalue weighted by Gasteiger charge is 2.14. The lowest BCUT2D eigenvalue weighted by Gasteiger charge is -2.08. The summed E-state index contributed by atoms with van der Waals surface area (Å²) in [7, 11) is 0. The lowest BCUT2D eigenvalue weighted by atomic mass is 9.99. The van der Waals surface area contributed by atoms with Gasteiger partial charge in [0.2, 0.25) is 13.6 Å². The third-order valence-electron chi connectivity index (χ3n) is 4.68. The topological polar surface area (TPSA) is 36.9 Å². The number of ether oxygens (including phenoxy) is 4. The Balaban J connectivity index is 1.34. The van der Waals surface area contributed by atoms with E-state index in [-0.39, 0.29) is 0 Å². The Kier molecular flexibility index (Phi) is 3.67. The summed E-state index contributed by atoms with van der Waals surface area (Å²) in [6.07, 6.45) is 1.73. The highest BCUT2D eigenvalue weighted by atomic mass is 16.7. The molecule has 130 valence electrons. The summed E-state index contributed by atoms with van der Waals surface area (Å²) in [5.41, 5.74) is 4.99. The average molecular weight is 346 g/mol. The van der Waals surface area contributed by atoms with E-state index in [0.29, 0.717) is 13.6 Å². The summed E-state index contributed by atoms with van der Waals surface area (Å²) >= 11 is 0. The SMILES string of the molecule is c1cc(Cc2ccc3c(c2)OCO3)cc(Cc2ccc3c(c2)OCO3)c1. The molecule has 0 aromatic heterocycles. The van der Waals surface area contributed by atoms with Crippen LogP contribution < -0.4 is 18.9 Å². The fourth-order valence-corrected chi connectivity index (χ4v) is 3.42. The van der Waals surface area contributed by atoms with Crippen LogP contribution in [0.3, 0.4) is 0 Å². The zero-order valence-electron chi connectivity index (χ0n) is 14.2. The van der Waals surface area contributed by atoms with Crippen LogP contribution in [0.5, 0.6) is 23.0 Å². The summed E-state index contributed by atoms with van der Waals surface area (Å²) in [4.78, 5) is 0. The maximum Gasteiger partial charge on any atom is 0.231 e. The molecule has 5 rings (SSSR count). The van der Waals surface area contributed by atoms with Crippen molar-refractivity contribution in [2.75, 3.05) is 13.6 Å². The zero-order chi connectivity index (χ0) is 17.3. The molecule has 3 aromatic carbocycles. The largest absolute Gasteiger partial charge is 0.454 e. The molecule has 0 spiro atoms. The smallest absolute Gasteiger partial charge is 0.231 e. The fraction of sp³-hybridized carbons (Fsp3) is 0.182. The normalized spacial score (nSPS) is 13.8. The van der Waals surface area contributed by atoms with Crippen molar-refractivity contribution in [3.05, 3.63) is 82.9 Å². The first-order chi connectivity index (χ1) is 12.8. The predicted molar refractivity (Wildman–Crippen MR) is 97.2 cm³/mol. The van der Waals surface area contributed by atoms with Gasteiger partial charge in [0.1, 0.15) is 0 Å². The molecular weight excluding hydrogens is 328 g/mol. The van der Waals surface area contributed by atoms with E-state index in [4.69, 9.17) is 18.9 Å². The quantitative estimate of drug-likeness (QED) is 0.705. The molecule has 3 aromatic rings. The van der Waals surface area contributed by atoms with Gasteiger partial charge < -0.3 is 18.9 Å². The minimum Gasteiger partial charge on any atom is -0.454 e. The zero-order valence-corrected chi connectivity index (χ0v) is 14.2. The van der Waals surface area contributed by atoms with Crippen LogP contribution in [0.2, 0.25) is 0 Å². The first kappa shape index (κ1) is 15.1. The van der Waals surface area contributed by atoms with Crippen molar-refractivity contribution in [3.63, 3.8) is 0 Å². The molecule has 0 atom stereocenters. The van der Waals surface area contributed by atoms with Crippen molar-refractivity contribution in [1.82, 2.24) is 0 Å². The summed E-state index contributed by atoms with van der Waals surface area (Å²) in [5, 5.41) is 0. The molecule has 26 heavy (non-hydrogen) atoms. The van der Waals surface area contributed by atoms with Crippen LogP contribution in [0.4, 0.5) is 0 Å². The molecule has 0 saturated heterocycles. The van der Waals surface area contributed by atoms with Gasteiger partial charge in [-0.2, -0.15) is 0 Å². The Bertz CT molecular complexity index is 889. The third kappa shape index (κ3) is 2.94. The molecule has 0 radical (unpaired) electrons. The van der Waals surface area contributed by atoms with Gasteiger partial charge in [-0.1, -0.05) is 36.4 Å². The molecule has 4 heteroatoms. The van der Waals surface area contributed by atoms with E-state index < -0.39 is 0 Å². The van der Waals surface area contributed by atoms with Crippen LogP contribution in [-0.2, 0) is 12.8 Å². The summed E-state index contributed by atoms with van der Waals surface area (Å²) in [6, 6.07) is 21.0. The molecule has 2 heterocycles. The third-order valence-corrected chi connectivity index (χ3v) is 4.68. The monoisotopic (exact) mass is 346 g/mol. The van der Waals surface area contributed by atoms with E-state index in [1.54, 1.807) is 0 Å². The Morgan fingerprint density at radius 1 is 0.500 bits per heavy atom. The van der Waals surface area contributed by atoms with Gasteiger partial charge in [0.25, 0.3) is 0 Å². The molecule has 0 bridgehead atoms. The molecule has 0 unspecified atom stereocenters. The second-order valence-electron chi connectivity index (χ2n) is 6.55. The van der Waals surface area contributed by atoms with Gasteiger partial charge in [0, 0.05) is 0 Å². The highest BCUT2D eigenvalue weighted by Crippen LogP contribution is 2.34. The van der Waals surface area contributed by atoms with Crippen molar-refractivity contribution >= 4 is 0 Å². The highest BCUT2D eigenvalue weighted by molar-refractivity contribution is 5.47. The van der Waals surface area contributed by atoms with Crippen molar-refractivity contribution in [3.8, 4) is 23.0 Å². The van der Waals surface area contributed by atoms with Gasteiger partial charge in [-0.3, -0.25) is 0 Å². The van der Waals surface area contributed by atoms with Gasteiger partial charge in [0.15, 0.2) is 23.0 Å². The van der Waals surface area contributed by atoms with Crippen LogP contribution in [0.1, 0.15) is 22.3 Å². The molecule has 0 aliphatic carbocycles. The van der Waals surface area contributed by atoms with E-state index in [9.17, 15) is 0 Å². The molecular formula is C22H18O4. The number of rotatable bonds is 4. The van der Waals surface area contributed by atoms with E-state index in [1.165, 1.54) is 22.3 Å². The lowest BCUT2D eigenvalue weighted by molar-refractivity contribution is 0.173. The van der Waals surface area contributed by atoms with E-state index >= 15 is 0 Å². The lowest BCUT2D eigenvalue weighted by Crippen LogP contribution is -1.94. The summed E-state index contributed by atoms with van der Waals surface area (Å²) < 4.78 is 21.7. The minimum atomic E-state index is 0.309. The Labute approximate surface area is 151 Å². The first-order valence-electron chi connectivity index (χ1n) is 8.68. The number of fused-ring (bicyclic) bond motifs is 2. The first-order valence-corrected chi connectivity index (χ1v) is 8.68. The second kappa shape index (κ2) is 6.30. The average Bonchev–Trinajstić information content (AvgIpc) is 3.30. The minimum absolute atomic E-state index is 0.309. The van der Waals surface area contributed by atoms with Crippen LogP contribution in [0, 0.1) is 0 Å². The summed E-state index contributed by atoms with van der Waals surface area (Å²) in [6.45, 7) is 0.619. The van der Waals surface area contributed by atoms with Gasteiger partial charge in [-0.05, 0) is 59.4 Å². The second-order valence-corrected chi connectivity index (χ2v) is 6.55. The van der Waals surface area contributed by atoms with E-state index in [2.05, 4.69) is 48.5 Å². The number of hydrogen-bond donors (Lipinski definition) is 0. The van der Waals surface area contributed by atoms with Crippen molar-refractivity contribution in [2.24, 2.45) is 0 Å². The molecule has 0 N–H and O–H groups in total. The molecule has 0 fully saturated rings. The maximum absolute atomic E-state index is 5.47. The molecule has 4 nitrogen and oxygen atoms in total. The van der Waals surface area contributed by atoms with Gasteiger partial charge in [-0.15, -0.1) is 0 Å². The number of hydrogen-bond acceptors (Lipinski definition) is 4. The molecule has 0 amide bonds. The maximum atomic E-state index is 5.47.